The summed E-state index contributed by atoms with van der Waals surface area (Å²) in [4.78, 5) is 23.7. The first-order valence-electron chi connectivity index (χ1n) is 6.81. The molecule has 2 unspecified atom stereocenters. The molecule has 4 nitrogen and oxygen atoms in total. The third-order valence-corrected chi connectivity index (χ3v) is 3.59. The molecule has 1 aliphatic carbocycles. The zero-order valence-corrected chi connectivity index (χ0v) is 11.4. The standard InChI is InChI=1S/C15H20N2O2/c1-3-10(2)16-15(19)17-13-8-9-14(18)12-7-5-4-6-11(12)13/h4-7,10,13H,3,8-9H2,1-2H3,(H2,16,17,19). The van der Waals surface area contributed by atoms with Crippen molar-refractivity contribution in [3.05, 3.63) is 35.4 Å². The molecule has 2 N–H and O–H groups in total. The number of carbonyl (C=O) groups is 2. The summed E-state index contributed by atoms with van der Waals surface area (Å²) < 4.78 is 0. The lowest BCUT2D eigenvalue weighted by atomic mass is 9.87. The van der Waals surface area contributed by atoms with Gasteiger partial charge in [0, 0.05) is 18.0 Å². The van der Waals surface area contributed by atoms with E-state index >= 15 is 0 Å². The number of nitrogens with one attached hydrogen (secondary N) is 2. The zero-order valence-electron chi connectivity index (χ0n) is 11.4. The highest BCUT2D eigenvalue weighted by Gasteiger charge is 2.26. The molecular weight excluding hydrogens is 240 g/mol. The highest BCUT2D eigenvalue weighted by Crippen LogP contribution is 2.29. The van der Waals surface area contributed by atoms with Crippen molar-refractivity contribution >= 4 is 11.8 Å². The molecule has 0 bridgehead atoms. The van der Waals surface area contributed by atoms with Crippen molar-refractivity contribution in [3.63, 3.8) is 0 Å². The normalized spacial score (nSPS) is 19.5. The zero-order chi connectivity index (χ0) is 13.8. The molecular formula is C15H20N2O2. The third kappa shape index (κ3) is 3.13. The van der Waals surface area contributed by atoms with Gasteiger partial charge in [0.15, 0.2) is 5.78 Å². The van der Waals surface area contributed by atoms with Gasteiger partial charge < -0.3 is 10.6 Å². The van der Waals surface area contributed by atoms with Crippen LogP contribution >= 0.6 is 0 Å². The number of ketones is 1. The average molecular weight is 260 g/mol. The second kappa shape index (κ2) is 5.87. The molecule has 4 heteroatoms. The van der Waals surface area contributed by atoms with Gasteiger partial charge in [0.05, 0.1) is 6.04 Å². The molecule has 1 aromatic carbocycles. The van der Waals surface area contributed by atoms with E-state index in [-0.39, 0.29) is 23.9 Å². The van der Waals surface area contributed by atoms with Gasteiger partial charge in [-0.05, 0) is 25.3 Å². The molecule has 0 aliphatic heterocycles. The second-order valence-corrected chi connectivity index (χ2v) is 5.03. The van der Waals surface area contributed by atoms with E-state index in [2.05, 4.69) is 10.6 Å². The van der Waals surface area contributed by atoms with Crippen molar-refractivity contribution in [3.8, 4) is 0 Å². The topological polar surface area (TPSA) is 58.2 Å². The highest BCUT2D eigenvalue weighted by atomic mass is 16.2. The van der Waals surface area contributed by atoms with Crippen LogP contribution in [0.2, 0.25) is 0 Å². The monoisotopic (exact) mass is 260 g/mol. The summed E-state index contributed by atoms with van der Waals surface area (Å²) >= 11 is 0. The molecule has 1 aromatic rings. The number of carbonyl (C=O) groups excluding carboxylic acids is 2. The number of benzene rings is 1. The Morgan fingerprint density at radius 3 is 2.89 bits per heavy atom. The molecule has 0 fully saturated rings. The van der Waals surface area contributed by atoms with Gasteiger partial charge in [0.2, 0.25) is 0 Å². The lowest BCUT2D eigenvalue weighted by Crippen LogP contribution is -2.43. The minimum atomic E-state index is -0.163. The summed E-state index contributed by atoms with van der Waals surface area (Å²) in [5.41, 5.74) is 1.67. The van der Waals surface area contributed by atoms with Crippen LogP contribution in [-0.2, 0) is 0 Å². The van der Waals surface area contributed by atoms with Gasteiger partial charge in [0.25, 0.3) is 0 Å². The van der Waals surface area contributed by atoms with E-state index in [0.29, 0.717) is 12.8 Å². The van der Waals surface area contributed by atoms with Crippen LogP contribution in [0.25, 0.3) is 0 Å². The predicted octanol–water partition coefficient (Wildman–Crippen LogP) is 2.80. The summed E-state index contributed by atoms with van der Waals surface area (Å²) in [5.74, 6) is 0.163. The molecule has 0 radical (unpaired) electrons. The molecule has 1 aliphatic rings. The van der Waals surface area contributed by atoms with Crippen molar-refractivity contribution in [2.45, 2.75) is 45.2 Å². The number of Topliss-reactive ketones (excluding diaryl/α,β-unsaturated/α-hetero) is 1. The molecule has 2 amide bonds. The second-order valence-electron chi connectivity index (χ2n) is 5.03. The number of rotatable bonds is 3. The Morgan fingerprint density at radius 1 is 1.42 bits per heavy atom. The summed E-state index contributed by atoms with van der Waals surface area (Å²) in [5, 5.41) is 5.84. The first-order valence-corrected chi connectivity index (χ1v) is 6.81. The minimum absolute atomic E-state index is 0.0713. The SMILES string of the molecule is CCC(C)NC(=O)NC1CCC(=O)c2ccccc21. The van der Waals surface area contributed by atoms with E-state index in [1.54, 1.807) is 0 Å². The fourth-order valence-electron chi connectivity index (χ4n) is 2.30. The van der Waals surface area contributed by atoms with Crippen LogP contribution in [0.5, 0.6) is 0 Å². The molecule has 19 heavy (non-hydrogen) atoms. The Balaban J connectivity index is 2.08. The Hall–Kier alpha value is -1.84. The summed E-state index contributed by atoms with van der Waals surface area (Å²) in [6.07, 6.45) is 2.06. The number of urea groups is 1. The summed E-state index contributed by atoms with van der Waals surface area (Å²) in [6.45, 7) is 4.00. The third-order valence-electron chi connectivity index (χ3n) is 3.59. The van der Waals surface area contributed by atoms with E-state index in [4.69, 9.17) is 0 Å². The Labute approximate surface area is 113 Å². The van der Waals surface area contributed by atoms with Crippen molar-refractivity contribution in [1.82, 2.24) is 10.6 Å². The van der Waals surface area contributed by atoms with E-state index in [1.807, 2.05) is 38.1 Å². The van der Waals surface area contributed by atoms with Gasteiger partial charge in [-0.15, -0.1) is 0 Å². The van der Waals surface area contributed by atoms with Gasteiger partial charge in [-0.2, -0.15) is 0 Å². The van der Waals surface area contributed by atoms with Crippen molar-refractivity contribution in [2.24, 2.45) is 0 Å². The molecule has 0 aromatic heterocycles. The highest BCUT2D eigenvalue weighted by molar-refractivity contribution is 5.98. The lowest BCUT2D eigenvalue weighted by molar-refractivity contribution is 0.0964. The van der Waals surface area contributed by atoms with Crippen LogP contribution in [0.4, 0.5) is 4.79 Å². The van der Waals surface area contributed by atoms with Gasteiger partial charge in [-0.3, -0.25) is 4.79 Å². The number of fused-ring (bicyclic) bond motifs is 1. The predicted molar refractivity (Wildman–Crippen MR) is 74.2 cm³/mol. The van der Waals surface area contributed by atoms with Crippen molar-refractivity contribution < 1.29 is 9.59 Å². The largest absolute Gasteiger partial charge is 0.336 e. The molecule has 0 spiro atoms. The number of amides is 2. The Morgan fingerprint density at radius 2 is 2.16 bits per heavy atom. The van der Waals surface area contributed by atoms with Crippen LogP contribution in [0, 0.1) is 0 Å². The lowest BCUT2D eigenvalue weighted by Gasteiger charge is -2.26. The fourth-order valence-corrected chi connectivity index (χ4v) is 2.30. The maximum Gasteiger partial charge on any atom is 0.315 e. The first kappa shape index (κ1) is 13.6. The molecule has 0 saturated carbocycles. The van der Waals surface area contributed by atoms with Gasteiger partial charge >= 0.3 is 6.03 Å². The van der Waals surface area contributed by atoms with Crippen molar-refractivity contribution in [1.29, 1.82) is 0 Å². The summed E-state index contributed by atoms with van der Waals surface area (Å²) in [6, 6.07) is 7.43. The Bertz CT molecular complexity index is 485. The summed E-state index contributed by atoms with van der Waals surface area (Å²) in [7, 11) is 0. The quantitative estimate of drug-likeness (QED) is 0.878. The van der Waals surface area contributed by atoms with E-state index < -0.39 is 0 Å². The number of hydrogen-bond acceptors (Lipinski definition) is 2. The van der Waals surface area contributed by atoms with Crippen LogP contribution in [0.1, 0.15) is 55.1 Å². The maximum absolute atomic E-state index is 11.9. The maximum atomic E-state index is 11.9. The van der Waals surface area contributed by atoms with E-state index in [1.165, 1.54) is 0 Å². The van der Waals surface area contributed by atoms with E-state index in [9.17, 15) is 9.59 Å². The smallest absolute Gasteiger partial charge is 0.315 e. The Kier molecular flexibility index (Phi) is 4.20. The van der Waals surface area contributed by atoms with Gasteiger partial charge in [-0.1, -0.05) is 31.2 Å². The van der Waals surface area contributed by atoms with Gasteiger partial charge in [0.1, 0.15) is 0 Å². The van der Waals surface area contributed by atoms with E-state index in [0.717, 1.165) is 17.5 Å². The molecule has 102 valence electrons. The molecule has 0 heterocycles. The number of hydrogen-bond donors (Lipinski definition) is 2. The van der Waals surface area contributed by atoms with Crippen LogP contribution < -0.4 is 10.6 Å². The minimum Gasteiger partial charge on any atom is -0.336 e. The molecule has 2 rings (SSSR count). The van der Waals surface area contributed by atoms with Crippen LogP contribution in [0.15, 0.2) is 24.3 Å². The molecule has 0 saturated heterocycles. The van der Waals surface area contributed by atoms with Gasteiger partial charge in [-0.25, -0.2) is 4.79 Å². The van der Waals surface area contributed by atoms with Crippen molar-refractivity contribution in [2.75, 3.05) is 0 Å². The van der Waals surface area contributed by atoms with Crippen LogP contribution in [0.3, 0.4) is 0 Å². The molecule has 2 atom stereocenters. The first-order chi connectivity index (χ1) is 9.11. The van der Waals surface area contributed by atoms with Crippen LogP contribution in [-0.4, -0.2) is 17.9 Å². The average Bonchev–Trinajstić information content (AvgIpc) is 2.42. The fraction of sp³-hybridized carbons (Fsp3) is 0.467.